The van der Waals surface area contributed by atoms with E-state index in [0.29, 0.717) is 29.5 Å². The maximum Gasteiger partial charge on any atom is 0.326 e. The van der Waals surface area contributed by atoms with E-state index >= 15 is 0 Å². The van der Waals surface area contributed by atoms with Crippen LogP contribution in [0.3, 0.4) is 0 Å². The van der Waals surface area contributed by atoms with Gasteiger partial charge < -0.3 is 15.1 Å². The van der Waals surface area contributed by atoms with Crippen LogP contribution in [0, 0.1) is 11.3 Å². The second-order valence-corrected chi connectivity index (χ2v) is 11.3. The van der Waals surface area contributed by atoms with E-state index in [1.165, 1.54) is 4.90 Å². The molecule has 34 heavy (non-hydrogen) atoms. The molecular weight excluding hydrogens is 428 g/mol. The van der Waals surface area contributed by atoms with Gasteiger partial charge in [0, 0.05) is 22.6 Å². The lowest BCUT2D eigenvalue weighted by atomic mass is 9.78. The second kappa shape index (κ2) is 9.24. The quantitative estimate of drug-likeness (QED) is 0.512. The van der Waals surface area contributed by atoms with Crippen molar-refractivity contribution in [2.75, 3.05) is 6.54 Å². The van der Waals surface area contributed by atoms with Gasteiger partial charge in [-0.1, -0.05) is 71.9 Å². The summed E-state index contributed by atoms with van der Waals surface area (Å²) in [7, 11) is 0. The number of carbonyl (C=O) groups excluding carboxylic acids is 1. The highest BCUT2D eigenvalue weighted by molar-refractivity contribution is 6.02. The average Bonchev–Trinajstić information content (AvgIpc) is 3.03. The highest BCUT2D eigenvalue weighted by Crippen LogP contribution is 2.40. The molecule has 2 aromatic rings. The van der Waals surface area contributed by atoms with E-state index in [1.807, 2.05) is 71.9 Å². The van der Waals surface area contributed by atoms with Crippen molar-refractivity contribution in [3.8, 4) is 5.75 Å². The summed E-state index contributed by atoms with van der Waals surface area (Å²) in [5, 5.41) is 29.5. The largest absolute Gasteiger partial charge is 0.507 e. The minimum atomic E-state index is -1.02. The van der Waals surface area contributed by atoms with Gasteiger partial charge >= 0.3 is 5.97 Å². The van der Waals surface area contributed by atoms with Crippen molar-refractivity contribution in [1.82, 2.24) is 4.90 Å². The van der Waals surface area contributed by atoms with Crippen molar-refractivity contribution >= 4 is 17.6 Å². The molecule has 0 aliphatic carbocycles. The molecule has 1 heterocycles. The number of phenolic OH excluding ortho intramolecular Hbond substituents is 1. The zero-order chi connectivity index (χ0) is 25.4. The number of carboxylic acids is 1. The van der Waals surface area contributed by atoms with Gasteiger partial charge in [0.15, 0.2) is 5.78 Å². The summed E-state index contributed by atoms with van der Waals surface area (Å²) in [5.41, 5.74) is 2.05. The first-order valence-corrected chi connectivity index (χ1v) is 11.7. The van der Waals surface area contributed by atoms with E-state index in [2.05, 4.69) is 0 Å². The van der Waals surface area contributed by atoms with Gasteiger partial charge in [0.25, 0.3) is 0 Å². The highest BCUT2D eigenvalue weighted by Gasteiger charge is 2.41. The summed E-state index contributed by atoms with van der Waals surface area (Å²) in [6.07, 6.45) is 0.863. The number of phenols is 1. The van der Waals surface area contributed by atoms with Crippen molar-refractivity contribution in [2.24, 2.45) is 5.92 Å². The summed E-state index contributed by atoms with van der Waals surface area (Å²) in [6.45, 7) is 11.7. The highest BCUT2D eigenvalue weighted by atomic mass is 16.4. The molecule has 0 aromatic heterocycles. The standard InChI is InChI=1S/C28H36N2O4/c1-27(2,3)20-13-18(14-21(24(20)32)28(4,5)6)23(31)16-30-22(26(33)34)15-19(25(30)29)12-17-10-8-7-9-11-17/h7-11,13-14,19,22,29,32H,12,15-16H2,1-6H3,(H,33,34). The molecule has 3 N–H and O–H groups in total. The molecule has 6 heteroatoms. The number of hydrogen-bond donors (Lipinski definition) is 3. The zero-order valence-corrected chi connectivity index (χ0v) is 21.0. The van der Waals surface area contributed by atoms with E-state index in [4.69, 9.17) is 5.41 Å². The van der Waals surface area contributed by atoms with Gasteiger partial charge in [0.05, 0.1) is 6.54 Å². The van der Waals surface area contributed by atoms with Gasteiger partial charge in [-0.2, -0.15) is 0 Å². The molecule has 1 fully saturated rings. The topological polar surface area (TPSA) is 102 Å². The third kappa shape index (κ3) is 5.32. The lowest BCUT2D eigenvalue weighted by Gasteiger charge is -2.29. The molecule has 1 aliphatic rings. The van der Waals surface area contributed by atoms with Gasteiger partial charge in [-0.05, 0) is 41.4 Å². The molecule has 6 nitrogen and oxygen atoms in total. The van der Waals surface area contributed by atoms with E-state index in [1.54, 1.807) is 12.1 Å². The fourth-order valence-corrected chi connectivity index (χ4v) is 4.60. The molecule has 0 amide bonds. The number of hydrogen-bond acceptors (Lipinski definition) is 4. The van der Waals surface area contributed by atoms with Gasteiger partial charge in [0.2, 0.25) is 0 Å². The van der Waals surface area contributed by atoms with Crippen LogP contribution in [-0.4, -0.2) is 45.3 Å². The van der Waals surface area contributed by atoms with Crippen LogP contribution in [0.15, 0.2) is 42.5 Å². The van der Waals surface area contributed by atoms with Crippen LogP contribution in [0.25, 0.3) is 0 Å². The number of nitrogens with zero attached hydrogens (tertiary/aromatic N) is 1. The number of rotatable bonds is 6. The third-order valence-electron chi connectivity index (χ3n) is 6.55. The summed E-state index contributed by atoms with van der Waals surface area (Å²) >= 11 is 0. The molecule has 0 radical (unpaired) electrons. The molecule has 1 aliphatic heterocycles. The fraction of sp³-hybridized carbons (Fsp3) is 0.464. The van der Waals surface area contributed by atoms with Crippen LogP contribution in [0.4, 0.5) is 0 Å². The number of carboxylic acid groups (broad SMARTS) is 1. The first kappa shape index (κ1) is 25.5. The number of amidine groups is 1. The van der Waals surface area contributed by atoms with Gasteiger partial charge in [-0.3, -0.25) is 10.2 Å². The minimum absolute atomic E-state index is 0.182. The number of aliphatic carboxylic acids is 1. The zero-order valence-electron chi connectivity index (χ0n) is 21.0. The number of Topliss-reactive ketones (excluding diaryl/α,β-unsaturated/α-hetero) is 1. The van der Waals surface area contributed by atoms with E-state index in [9.17, 15) is 19.8 Å². The van der Waals surface area contributed by atoms with Gasteiger partial charge in [-0.15, -0.1) is 0 Å². The van der Waals surface area contributed by atoms with Crippen molar-refractivity contribution < 1.29 is 19.8 Å². The Morgan fingerprint density at radius 3 is 2.00 bits per heavy atom. The van der Waals surface area contributed by atoms with Crippen LogP contribution in [0.2, 0.25) is 0 Å². The van der Waals surface area contributed by atoms with Crippen LogP contribution < -0.4 is 0 Å². The molecule has 1 saturated heterocycles. The summed E-state index contributed by atoms with van der Waals surface area (Å²) in [5.74, 6) is -1.16. The summed E-state index contributed by atoms with van der Waals surface area (Å²) in [6, 6.07) is 12.2. The number of aromatic hydroxyl groups is 1. The molecule has 0 spiro atoms. The van der Waals surface area contributed by atoms with Crippen LogP contribution in [-0.2, 0) is 22.0 Å². The Bertz CT molecular complexity index is 1060. The predicted octanol–water partition coefficient (Wildman–Crippen LogP) is 5.16. The van der Waals surface area contributed by atoms with Crippen molar-refractivity contribution in [3.05, 3.63) is 64.7 Å². The van der Waals surface area contributed by atoms with E-state index < -0.39 is 12.0 Å². The molecule has 0 saturated carbocycles. The number of nitrogens with one attached hydrogen (secondary N) is 1. The Hall–Kier alpha value is -3.15. The van der Waals surface area contributed by atoms with Crippen molar-refractivity contribution in [3.63, 3.8) is 0 Å². The molecule has 3 rings (SSSR count). The Morgan fingerprint density at radius 1 is 1.00 bits per heavy atom. The summed E-state index contributed by atoms with van der Waals surface area (Å²) in [4.78, 5) is 26.9. The number of carbonyl (C=O) groups is 2. The monoisotopic (exact) mass is 464 g/mol. The maximum atomic E-state index is 13.4. The molecule has 2 aromatic carbocycles. The normalized spacial score (nSPS) is 18.9. The van der Waals surface area contributed by atoms with Gasteiger partial charge in [0.1, 0.15) is 17.6 Å². The van der Waals surface area contributed by atoms with Crippen LogP contribution in [0.5, 0.6) is 5.75 Å². The Morgan fingerprint density at radius 2 is 1.53 bits per heavy atom. The molecule has 0 bridgehead atoms. The smallest absolute Gasteiger partial charge is 0.326 e. The van der Waals surface area contributed by atoms with Crippen molar-refractivity contribution in [1.29, 1.82) is 5.41 Å². The lowest BCUT2D eigenvalue weighted by Crippen LogP contribution is -2.42. The predicted molar refractivity (Wildman–Crippen MR) is 134 cm³/mol. The molecule has 182 valence electrons. The lowest BCUT2D eigenvalue weighted by molar-refractivity contribution is -0.141. The Labute approximate surface area is 202 Å². The summed E-state index contributed by atoms with van der Waals surface area (Å²) < 4.78 is 0. The fourth-order valence-electron chi connectivity index (χ4n) is 4.60. The maximum absolute atomic E-state index is 13.4. The van der Waals surface area contributed by atoms with Gasteiger partial charge in [-0.25, -0.2) is 4.79 Å². The Balaban J connectivity index is 1.93. The molecule has 2 unspecified atom stereocenters. The Kier molecular flexibility index (Phi) is 6.92. The SMILES string of the molecule is CC(C)(C)c1cc(C(=O)CN2C(=N)C(Cc3ccccc3)CC2C(=O)O)cc(C(C)(C)C)c1O. The minimum Gasteiger partial charge on any atom is -0.507 e. The molecule has 2 atom stereocenters. The average molecular weight is 465 g/mol. The van der Waals surface area contributed by atoms with Crippen LogP contribution in [0.1, 0.15) is 75.0 Å². The number of likely N-dealkylation sites (tertiary alicyclic amines) is 1. The third-order valence-corrected chi connectivity index (χ3v) is 6.55. The van der Waals surface area contributed by atoms with E-state index in [0.717, 1.165) is 5.56 Å². The second-order valence-electron chi connectivity index (χ2n) is 11.3. The number of benzene rings is 2. The van der Waals surface area contributed by atoms with Crippen molar-refractivity contribution in [2.45, 2.75) is 71.3 Å². The van der Waals surface area contributed by atoms with E-state index in [-0.39, 0.29) is 40.7 Å². The molecular formula is C28H36N2O4. The first-order valence-electron chi connectivity index (χ1n) is 11.7. The van der Waals surface area contributed by atoms with Crippen LogP contribution >= 0.6 is 0 Å². The first-order chi connectivity index (χ1) is 15.7. The number of ketones is 1.